The number of aromatic nitrogens is 3. The third kappa shape index (κ3) is 4.44. The lowest BCUT2D eigenvalue weighted by Crippen LogP contribution is -2.23. The first kappa shape index (κ1) is 14.8. The fourth-order valence-corrected chi connectivity index (χ4v) is 1.68. The first-order chi connectivity index (χ1) is 10.2. The van der Waals surface area contributed by atoms with Crippen LogP contribution in [0.4, 0.5) is 0 Å². The van der Waals surface area contributed by atoms with E-state index in [1.165, 1.54) is 0 Å². The largest absolute Gasteiger partial charge is 0.395 e. The minimum absolute atomic E-state index is 0.0320. The molecule has 6 heteroatoms. The summed E-state index contributed by atoms with van der Waals surface area (Å²) in [6.07, 6.45) is 2.00. The number of hydrogen-bond donors (Lipinski definition) is 2. The van der Waals surface area contributed by atoms with Crippen molar-refractivity contribution in [1.82, 2.24) is 20.1 Å². The van der Waals surface area contributed by atoms with Crippen LogP contribution in [0.25, 0.3) is 0 Å². The van der Waals surface area contributed by atoms with Crippen molar-refractivity contribution in [1.29, 1.82) is 0 Å². The average Bonchev–Trinajstić information content (AvgIpc) is 2.91. The van der Waals surface area contributed by atoms with Gasteiger partial charge in [-0.3, -0.25) is 9.48 Å². The number of nitrogens with one attached hydrogen (secondary N) is 1. The number of hydrogen-bond acceptors (Lipinski definition) is 4. The van der Waals surface area contributed by atoms with Gasteiger partial charge in [-0.2, -0.15) is 5.10 Å². The van der Waals surface area contributed by atoms with Gasteiger partial charge >= 0.3 is 0 Å². The molecule has 0 aliphatic heterocycles. The second-order valence-corrected chi connectivity index (χ2v) is 4.37. The molecular formula is C15H16N4O2. The van der Waals surface area contributed by atoms with E-state index < -0.39 is 0 Å². The van der Waals surface area contributed by atoms with Crippen molar-refractivity contribution in [3.05, 3.63) is 47.5 Å². The monoisotopic (exact) mass is 284 g/mol. The molecule has 0 bridgehead atoms. The van der Waals surface area contributed by atoms with Crippen molar-refractivity contribution in [3.63, 3.8) is 0 Å². The third-order valence-corrected chi connectivity index (χ3v) is 2.65. The highest BCUT2D eigenvalue weighted by molar-refractivity contribution is 5.94. The Kier molecular flexibility index (Phi) is 5.07. The van der Waals surface area contributed by atoms with E-state index in [-0.39, 0.29) is 19.1 Å². The number of rotatable bonds is 4. The first-order valence-electron chi connectivity index (χ1n) is 6.51. The van der Waals surface area contributed by atoms with Crippen LogP contribution in [-0.4, -0.2) is 32.4 Å². The number of carbonyl (C=O) groups is 1. The van der Waals surface area contributed by atoms with Gasteiger partial charge in [0.1, 0.15) is 6.33 Å². The van der Waals surface area contributed by atoms with E-state index in [0.29, 0.717) is 17.8 Å². The number of amides is 1. The van der Waals surface area contributed by atoms with Gasteiger partial charge < -0.3 is 10.4 Å². The molecule has 0 radical (unpaired) electrons. The normalized spacial score (nSPS) is 9.81. The zero-order valence-corrected chi connectivity index (χ0v) is 11.7. The van der Waals surface area contributed by atoms with Gasteiger partial charge in [0.05, 0.1) is 13.2 Å². The molecule has 2 aromatic rings. The maximum atomic E-state index is 12.0. The fraction of sp³-hybridized carbons (Fsp3) is 0.267. The van der Waals surface area contributed by atoms with Crippen molar-refractivity contribution in [2.75, 3.05) is 6.61 Å². The summed E-state index contributed by atoms with van der Waals surface area (Å²) in [5, 5.41) is 15.5. The van der Waals surface area contributed by atoms with Crippen LogP contribution in [0.1, 0.15) is 28.2 Å². The van der Waals surface area contributed by atoms with Crippen molar-refractivity contribution >= 4 is 5.91 Å². The molecule has 1 amide bonds. The Morgan fingerprint density at radius 1 is 1.48 bits per heavy atom. The van der Waals surface area contributed by atoms with Crippen LogP contribution in [0.2, 0.25) is 0 Å². The van der Waals surface area contributed by atoms with E-state index >= 15 is 0 Å². The van der Waals surface area contributed by atoms with Gasteiger partial charge in [-0.15, -0.1) is 0 Å². The number of benzene rings is 1. The molecule has 2 rings (SSSR count). The Balaban J connectivity index is 1.99. The molecule has 6 nitrogen and oxygen atoms in total. The van der Waals surface area contributed by atoms with E-state index in [1.807, 2.05) is 6.07 Å². The molecule has 0 saturated heterocycles. The van der Waals surface area contributed by atoms with Crippen molar-refractivity contribution in [2.24, 2.45) is 7.05 Å². The Labute approximate surface area is 122 Å². The quantitative estimate of drug-likeness (QED) is 0.800. The second-order valence-electron chi connectivity index (χ2n) is 4.37. The van der Waals surface area contributed by atoms with Crippen molar-refractivity contribution in [3.8, 4) is 11.8 Å². The van der Waals surface area contributed by atoms with Gasteiger partial charge in [0.15, 0.2) is 5.82 Å². The van der Waals surface area contributed by atoms with E-state index in [2.05, 4.69) is 27.2 Å². The number of aliphatic hydroxyl groups is 1. The molecule has 0 atom stereocenters. The van der Waals surface area contributed by atoms with Crippen LogP contribution in [0, 0.1) is 11.8 Å². The van der Waals surface area contributed by atoms with Gasteiger partial charge in [-0.1, -0.05) is 17.9 Å². The predicted molar refractivity (Wildman–Crippen MR) is 77.2 cm³/mol. The van der Waals surface area contributed by atoms with Gasteiger partial charge in [0.25, 0.3) is 5.91 Å². The van der Waals surface area contributed by atoms with Gasteiger partial charge in [0.2, 0.25) is 0 Å². The number of carbonyl (C=O) groups excluding carboxylic acids is 1. The topological polar surface area (TPSA) is 80.0 Å². The SMILES string of the molecule is Cn1cnc(CNC(=O)c2cccc(C#CCCO)c2)n1. The van der Waals surface area contributed by atoms with Crippen LogP contribution in [0.15, 0.2) is 30.6 Å². The van der Waals surface area contributed by atoms with Crippen LogP contribution in [0.5, 0.6) is 0 Å². The van der Waals surface area contributed by atoms with Gasteiger partial charge in [-0.05, 0) is 18.2 Å². The molecule has 108 valence electrons. The Morgan fingerprint density at radius 3 is 3.05 bits per heavy atom. The van der Waals surface area contributed by atoms with E-state index in [0.717, 1.165) is 5.56 Å². The average molecular weight is 284 g/mol. The highest BCUT2D eigenvalue weighted by atomic mass is 16.2. The number of aliphatic hydroxyl groups excluding tert-OH is 1. The first-order valence-corrected chi connectivity index (χ1v) is 6.51. The highest BCUT2D eigenvalue weighted by Crippen LogP contribution is 2.04. The molecule has 0 fully saturated rings. The number of nitrogens with zero attached hydrogens (tertiary/aromatic N) is 3. The van der Waals surface area contributed by atoms with Gasteiger partial charge in [0, 0.05) is 24.6 Å². The summed E-state index contributed by atoms with van der Waals surface area (Å²) in [5.74, 6) is 6.08. The molecule has 0 spiro atoms. The standard InChI is InChI=1S/C15H16N4O2/c1-19-11-17-14(18-19)10-16-15(21)13-7-4-6-12(9-13)5-2-3-8-20/h4,6-7,9,11,20H,3,8,10H2,1H3,(H,16,21). The molecule has 0 aliphatic rings. The minimum atomic E-state index is -0.201. The minimum Gasteiger partial charge on any atom is -0.395 e. The van der Waals surface area contributed by atoms with Crippen LogP contribution in [0.3, 0.4) is 0 Å². The van der Waals surface area contributed by atoms with E-state index in [4.69, 9.17) is 5.11 Å². The van der Waals surface area contributed by atoms with Gasteiger partial charge in [-0.25, -0.2) is 4.98 Å². The lowest BCUT2D eigenvalue weighted by Gasteiger charge is -2.03. The maximum absolute atomic E-state index is 12.0. The molecule has 0 aliphatic carbocycles. The molecule has 0 unspecified atom stereocenters. The lowest BCUT2D eigenvalue weighted by atomic mass is 10.1. The highest BCUT2D eigenvalue weighted by Gasteiger charge is 2.07. The van der Waals surface area contributed by atoms with Crippen LogP contribution in [-0.2, 0) is 13.6 Å². The zero-order valence-electron chi connectivity index (χ0n) is 11.7. The summed E-state index contributed by atoms with van der Waals surface area (Å²) >= 11 is 0. The molecule has 21 heavy (non-hydrogen) atoms. The second kappa shape index (κ2) is 7.22. The molecule has 1 aromatic carbocycles. The molecule has 2 N–H and O–H groups in total. The molecular weight excluding hydrogens is 268 g/mol. The summed E-state index contributed by atoms with van der Waals surface area (Å²) < 4.78 is 1.58. The van der Waals surface area contributed by atoms with E-state index in [9.17, 15) is 4.79 Å². The molecule has 0 saturated carbocycles. The summed E-state index contributed by atoms with van der Waals surface area (Å²) in [5.41, 5.74) is 1.27. The molecule has 1 aromatic heterocycles. The van der Waals surface area contributed by atoms with Crippen molar-refractivity contribution < 1.29 is 9.90 Å². The van der Waals surface area contributed by atoms with Crippen molar-refractivity contribution in [2.45, 2.75) is 13.0 Å². The van der Waals surface area contributed by atoms with E-state index in [1.54, 1.807) is 36.3 Å². The predicted octanol–water partition coefficient (Wildman–Crippen LogP) is 0.479. The summed E-state index contributed by atoms with van der Waals surface area (Å²) in [6.45, 7) is 0.310. The maximum Gasteiger partial charge on any atom is 0.251 e. The lowest BCUT2D eigenvalue weighted by molar-refractivity contribution is 0.0950. The Hall–Kier alpha value is -2.65. The third-order valence-electron chi connectivity index (χ3n) is 2.65. The zero-order chi connectivity index (χ0) is 15.1. The summed E-state index contributed by atoms with van der Waals surface area (Å²) in [4.78, 5) is 16.1. The summed E-state index contributed by atoms with van der Waals surface area (Å²) in [7, 11) is 1.77. The smallest absolute Gasteiger partial charge is 0.251 e. The Morgan fingerprint density at radius 2 is 2.33 bits per heavy atom. The number of aryl methyl sites for hydroxylation is 1. The summed E-state index contributed by atoms with van der Waals surface area (Å²) in [6, 6.07) is 7.03. The molecule has 1 heterocycles. The van der Waals surface area contributed by atoms with Crippen LogP contribution >= 0.6 is 0 Å². The fourth-order valence-electron chi connectivity index (χ4n) is 1.68. The Bertz CT molecular complexity index is 682. The van der Waals surface area contributed by atoms with Crippen LogP contribution < -0.4 is 5.32 Å².